The average Bonchev–Trinajstić information content (AvgIpc) is 2.92. The molecule has 1 unspecified atom stereocenters. The van der Waals surface area contributed by atoms with E-state index in [4.69, 9.17) is 51.2 Å². The number of carbonyl (C=O) groups is 1. The van der Waals surface area contributed by atoms with Gasteiger partial charge in [0.1, 0.15) is 24.1 Å². The van der Waals surface area contributed by atoms with Crippen molar-refractivity contribution in [3.63, 3.8) is 0 Å². The Morgan fingerprint density at radius 3 is 2.17 bits per heavy atom. The van der Waals surface area contributed by atoms with Gasteiger partial charge in [0.05, 0.1) is 26.7 Å². The number of nitrogen functional groups attached to an aromatic ring is 2. The Labute approximate surface area is 228 Å². The highest BCUT2D eigenvalue weighted by Crippen LogP contribution is 2.40. The van der Waals surface area contributed by atoms with Crippen molar-refractivity contribution in [1.82, 2.24) is 15.0 Å². The van der Waals surface area contributed by atoms with Gasteiger partial charge in [0, 0.05) is 30.6 Å². The number of hydrogen-bond acceptors (Lipinski definition) is 15. The minimum absolute atomic E-state index is 0.107. The van der Waals surface area contributed by atoms with Crippen molar-refractivity contribution in [1.29, 1.82) is 0 Å². The molecule has 3 heterocycles. The van der Waals surface area contributed by atoms with Crippen LogP contribution in [0, 0.1) is 6.92 Å². The fourth-order valence-corrected chi connectivity index (χ4v) is 3.96. The van der Waals surface area contributed by atoms with E-state index in [-0.39, 0.29) is 5.95 Å². The van der Waals surface area contributed by atoms with Crippen molar-refractivity contribution < 1.29 is 49.3 Å². The van der Waals surface area contributed by atoms with Crippen molar-refractivity contribution in [3.8, 4) is 17.2 Å². The number of ether oxygens (including phenoxy) is 4. The smallest absolute Gasteiger partial charge is 0.335 e. The number of aliphatic hydroxyl groups is 4. The summed E-state index contributed by atoms with van der Waals surface area (Å²) in [6.07, 6.45) is -6.98. The third-order valence-electron chi connectivity index (χ3n) is 6.11. The fourth-order valence-electron chi connectivity index (χ4n) is 3.96. The fraction of sp³-hybridized carbons (Fsp3) is 0.417. The Hall–Kier alpha value is -4.22. The molecule has 0 bridgehead atoms. The first-order valence-corrected chi connectivity index (χ1v) is 11.7. The van der Waals surface area contributed by atoms with Crippen LogP contribution in [-0.4, -0.2) is 98.5 Å². The Kier molecular flexibility index (Phi) is 9.67. The number of pyridine rings is 1. The first kappa shape index (κ1) is 30.3. The highest BCUT2D eigenvalue weighted by molar-refractivity contribution is 5.90. The van der Waals surface area contributed by atoms with Gasteiger partial charge in [0.25, 0.3) is 0 Å². The summed E-state index contributed by atoms with van der Waals surface area (Å²) < 4.78 is 20.4. The number of nitrogens with two attached hydrogens (primary N) is 2. The molecule has 1 aliphatic rings. The van der Waals surface area contributed by atoms with E-state index < -0.39 is 36.7 Å². The molecule has 3 aromatic rings. The van der Waals surface area contributed by atoms with E-state index in [0.29, 0.717) is 40.6 Å². The number of nitrogens with one attached hydrogen (secondary N) is 1. The standard InChI is InChI=1S/C18H22N6O3.C6H10O7/c1-9-10(8-22-17-14(9)16(19)23-18(20)24-17)7-21-11-5-12(25-2)15(27-4)13(6-11)26-3;7-1-2(8)4(5(10)11)13-6(12)3(1)9/h5-6,8,21H,7H2,1-4H3,(H4,19,20,22,23,24);1-4,6-9,12H,(H,10,11)/t;1-,2-,3+,4-,6?/m.0/s1. The van der Waals surface area contributed by atoms with Gasteiger partial charge in [-0.1, -0.05) is 0 Å². The first-order chi connectivity index (χ1) is 18.9. The molecule has 0 amide bonds. The Morgan fingerprint density at radius 2 is 1.62 bits per heavy atom. The van der Waals surface area contributed by atoms with Gasteiger partial charge in [-0.2, -0.15) is 9.97 Å². The van der Waals surface area contributed by atoms with Crippen molar-refractivity contribution in [2.45, 2.75) is 44.2 Å². The van der Waals surface area contributed by atoms with Crippen LogP contribution < -0.4 is 31.0 Å². The first-order valence-electron chi connectivity index (χ1n) is 11.7. The third kappa shape index (κ3) is 6.32. The molecule has 1 aliphatic heterocycles. The molecule has 1 aromatic carbocycles. The molecule has 4 rings (SSSR count). The monoisotopic (exact) mass is 564 g/mol. The number of hydrogen-bond donors (Lipinski definition) is 8. The zero-order valence-electron chi connectivity index (χ0n) is 22.1. The molecule has 0 aliphatic carbocycles. The summed E-state index contributed by atoms with van der Waals surface area (Å²) in [5.41, 5.74) is 14.8. The maximum atomic E-state index is 10.4. The highest BCUT2D eigenvalue weighted by Gasteiger charge is 2.46. The van der Waals surface area contributed by atoms with Gasteiger partial charge in [-0.3, -0.25) is 0 Å². The van der Waals surface area contributed by atoms with Crippen LogP contribution in [0.25, 0.3) is 11.0 Å². The Morgan fingerprint density at radius 1 is 1.00 bits per heavy atom. The minimum Gasteiger partial charge on any atom is -0.493 e. The summed E-state index contributed by atoms with van der Waals surface area (Å²) in [5, 5.41) is 48.4. The number of nitrogens with zero attached hydrogens (tertiary/aromatic N) is 3. The predicted octanol–water partition coefficient (Wildman–Crippen LogP) is -0.994. The average molecular weight is 565 g/mol. The number of aliphatic hydroxyl groups excluding tert-OH is 4. The molecule has 2 aromatic heterocycles. The van der Waals surface area contributed by atoms with E-state index in [1.54, 1.807) is 27.5 Å². The number of aromatic nitrogens is 3. The van der Waals surface area contributed by atoms with E-state index in [1.807, 2.05) is 19.1 Å². The summed E-state index contributed by atoms with van der Waals surface area (Å²) in [6, 6.07) is 3.67. The van der Waals surface area contributed by atoms with Crippen LogP contribution in [0.1, 0.15) is 11.1 Å². The SMILES string of the molecule is COc1cc(NCc2cnc3nc(N)nc(N)c3c2C)cc(OC)c1OC.O=C(O)[C@H]1OC(O)[C@H](O)[C@@H](O)[C@@H]1O. The molecule has 40 heavy (non-hydrogen) atoms. The number of rotatable bonds is 7. The molecule has 1 fully saturated rings. The van der Waals surface area contributed by atoms with Crippen molar-refractivity contribution in [3.05, 3.63) is 29.5 Å². The molecule has 5 atom stereocenters. The summed E-state index contributed by atoms with van der Waals surface area (Å²) >= 11 is 0. The van der Waals surface area contributed by atoms with Gasteiger partial charge in [-0.05, 0) is 18.1 Å². The molecule has 0 saturated carbocycles. The summed E-state index contributed by atoms with van der Waals surface area (Å²) in [6.45, 7) is 2.46. The molecule has 1 saturated heterocycles. The number of fused-ring (bicyclic) bond motifs is 1. The lowest BCUT2D eigenvalue weighted by molar-refractivity contribution is -0.279. The molecular formula is C24H32N6O10. The van der Waals surface area contributed by atoms with Crippen molar-refractivity contribution >= 4 is 34.5 Å². The van der Waals surface area contributed by atoms with Crippen LogP contribution in [0.4, 0.5) is 17.5 Å². The lowest BCUT2D eigenvalue weighted by atomic mass is 9.99. The van der Waals surface area contributed by atoms with E-state index in [2.05, 4.69) is 25.0 Å². The van der Waals surface area contributed by atoms with Crippen LogP contribution in [0.5, 0.6) is 17.2 Å². The van der Waals surface area contributed by atoms with Crippen molar-refractivity contribution in [2.24, 2.45) is 0 Å². The number of carboxylic acid groups (broad SMARTS) is 1. The predicted molar refractivity (Wildman–Crippen MR) is 141 cm³/mol. The molecular weight excluding hydrogens is 532 g/mol. The topological polar surface area (TPSA) is 258 Å². The van der Waals surface area contributed by atoms with E-state index in [0.717, 1.165) is 16.8 Å². The van der Waals surface area contributed by atoms with Gasteiger partial charge in [-0.15, -0.1) is 0 Å². The molecule has 218 valence electrons. The van der Waals surface area contributed by atoms with E-state index in [1.165, 1.54) is 0 Å². The summed E-state index contributed by atoms with van der Waals surface area (Å²) in [5.74, 6) is 0.586. The lowest BCUT2D eigenvalue weighted by Gasteiger charge is -2.36. The molecule has 0 spiro atoms. The lowest BCUT2D eigenvalue weighted by Crippen LogP contribution is -2.59. The Bertz CT molecular complexity index is 1330. The third-order valence-corrected chi connectivity index (χ3v) is 6.11. The number of anilines is 3. The summed E-state index contributed by atoms with van der Waals surface area (Å²) in [4.78, 5) is 22.9. The number of carboxylic acids is 1. The molecule has 16 nitrogen and oxygen atoms in total. The quantitative estimate of drug-likeness (QED) is 0.171. The van der Waals surface area contributed by atoms with Crippen LogP contribution in [0.15, 0.2) is 18.3 Å². The maximum absolute atomic E-state index is 10.4. The Balaban J connectivity index is 0.000000285. The van der Waals surface area contributed by atoms with Gasteiger partial charge in [0.15, 0.2) is 29.5 Å². The van der Waals surface area contributed by atoms with Crippen LogP contribution in [-0.2, 0) is 16.1 Å². The van der Waals surface area contributed by atoms with E-state index in [9.17, 15) is 4.79 Å². The number of aliphatic carboxylic acids is 1. The van der Waals surface area contributed by atoms with Crippen molar-refractivity contribution in [2.75, 3.05) is 38.1 Å². The highest BCUT2D eigenvalue weighted by atomic mass is 16.6. The second-order valence-electron chi connectivity index (χ2n) is 8.60. The maximum Gasteiger partial charge on any atom is 0.335 e. The van der Waals surface area contributed by atoms with Gasteiger partial charge >= 0.3 is 5.97 Å². The van der Waals surface area contributed by atoms with Crippen LogP contribution in [0.2, 0.25) is 0 Å². The minimum atomic E-state index is -1.81. The second kappa shape index (κ2) is 12.8. The number of methoxy groups -OCH3 is 3. The van der Waals surface area contributed by atoms with E-state index >= 15 is 0 Å². The molecule has 10 N–H and O–H groups in total. The van der Waals surface area contributed by atoms with Crippen LogP contribution in [0.3, 0.4) is 0 Å². The van der Waals surface area contributed by atoms with Gasteiger partial charge in [0.2, 0.25) is 11.7 Å². The van der Waals surface area contributed by atoms with Crippen LogP contribution >= 0.6 is 0 Å². The normalized spacial score (nSPS) is 22.1. The van der Waals surface area contributed by atoms with Gasteiger partial charge < -0.3 is 61.3 Å². The number of benzene rings is 1. The summed E-state index contributed by atoms with van der Waals surface area (Å²) in [7, 11) is 4.72. The molecule has 0 radical (unpaired) electrons. The zero-order chi connectivity index (χ0) is 29.7. The largest absolute Gasteiger partial charge is 0.493 e. The molecule has 16 heteroatoms. The number of aryl methyl sites for hydroxylation is 1. The van der Waals surface area contributed by atoms with Gasteiger partial charge in [-0.25, -0.2) is 9.78 Å². The second-order valence-corrected chi connectivity index (χ2v) is 8.60. The zero-order valence-corrected chi connectivity index (χ0v) is 22.1.